The number of aromatic nitrogens is 2. The van der Waals surface area contributed by atoms with Crippen LogP contribution in [-0.4, -0.2) is 21.2 Å². The molecule has 1 atom stereocenters. The average molecular weight is 306 g/mol. The second kappa shape index (κ2) is 6.15. The summed E-state index contributed by atoms with van der Waals surface area (Å²) in [4.78, 5) is 8.78. The van der Waals surface area contributed by atoms with Crippen molar-refractivity contribution in [2.24, 2.45) is 0 Å². The number of aliphatic hydroxyl groups excluding tert-OH is 1. The van der Waals surface area contributed by atoms with Gasteiger partial charge in [0.05, 0.1) is 5.52 Å². The van der Waals surface area contributed by atoms with Crippen LogP contribution in [0.5, 0.6) is 0 Å². The van der Waals surface area contributed by atoms with Crippen LogP contribution in [0.25, 0.3) is 22.3 Å². The molecule has 1 unspecified atom stereocenters. The molecule has 0 radical (unpaired) electrons. The van der Waals surface area contributed by atoms with Crippen molar-refractivity contribution in [3.05, 3.63) is 59.5 Å². The Bertz CT molecular complexity index is 915. The molecule has 1 heterocycles. The van der Waals surface area contributed by atoms with Gasteiger partial charge in [0.15, 0.2) is 5.82 Å². The van der Waals surface area contributed by atoms with Crippen LogP contribution in [-0.2, 0) is 6.42 Å². The molecule has 0 bridgehead atoms. The summed E-state index contributed by atoms with van der Waals surface area (Å²) in [5.74, 6) is 2.50. The summed E-state index contributed by atoms with van der Waals surface area (Å²) < 4.78 is 13.7. The molecule has 0 saturated heterocycles. The molecule has 3 aromatic rings. The maximum absolute atomic E-state index is 13.7. The zero-order valence-electron chi connectivity index (χ0n) is 12.6. The highest BCUT2D eigenvalue weighted by Gasteiger charge is 2.08. The highest BCUT2D eigenvalue weighted by atomic mass is 19.1. The molecule has 3 nitrogen and oxygen atoms in total. The lowest BCUT2D eigenvalue weighted by molar-refractivity contribution is 0.233. The van der Waals surface area contributed by atoms with E-state index in [4.69, 9.17) is 6.42 Å². The first kappa shape index (κ1) is 15.1. The van der Waals surface area contributed by atoms with E-state index < -0.39 is 6.10 Å². The minimum atomic E-state index is -0.803. The quantitative estimate of drug-likeness (QED) is 0.755. The summed E-state index contributed by atoms with van der Waals surface area (Å²) in [6, 6.07) is 10.6. The Balaban J connectivity index is 1.98. The predicted molar refractivity (Wildman–Crippen MR) is 88.2 cm³/mol. The van der Waals surface area contributed by atoms with E-state index in [2.05, 4.69) is 15.9 Å². The van der Waals surface area contributed by atoms with Gasteiger partial charge in [-0.15, -0.1) is 6.42 Å². The van der Waals surface area contributed by atoms with Crippen molar-refractivity contribution in [3.8, 4) is 23.7 Å². The van der Waals surface area contributed by atoms with Gasteiger partial charge in [-0.1, -0.05) is 24.1 Å². The lowest BCUT2D eigenvalue weighted by atomic mass is 10.1. The Morgan fingerprint density at radius 1 is 1.26 bits per heavy atom. The van der Waals surface area contributed by atoms with Crippen molar-refractivity contribution in [2.45, 2.75) is 19.4 Å². The Kier molecular flexibility index (Phi) is 4.05. The molecule has 4 heteroatoms. The maximum Gasteiger partial charge on any atom is 0.159 e. The Morgan fingerprint density at radius 3 is 2.83 bits per heavy atom. The highest BCUT2D eigenvalue weighted by Crippen LogP contribution is 2.21. The number of hydrogen-bond donors (Lipinski definition) is 1. The average Bonchev–Trinajstić information content (AvgIpc) is 2.56. The summed E-state index contributed by atoms with van der Waals surface area (Å²) in [6.07, 6.45) is 6.46. The molecule has 0 amide bonds. The first-order valence-electron chi connectivity index (χ1n) is 7.23. The number of rotatable bonds is 3. The molecular weight excluding hydrogens is 291 g/mol. The summed E-state index contributed by atoms with van der Waals surface area (Å²) in [5, 5.41) is 10.4. The molecule has 2 aromatic carbocycles. The van der Waals surface area contributed by atoms with Gasteiger partial charge < -0.3 is 5.11 Å². The van der Waals surface area contributed by atoms with E-state index in [0.717, 1.165) is 16.5 Å². The molecule has 3 rings (SSSR count). The van der Waals surface area contributed by atoms with Gasteiger partial charge in [-0.25, -0.2) is 14.4 Å². The second-order valence-electron chi connectivity index (χ2n) is 5.44. The molecule has 1 aromatic heterocycles. The fourth-order valence-corrected chi connectivity index (χ4v) is 2.36. The Morgan fingerprint density at radius 2 is 2.09 bits per heavy atom. The van der Waals surface area contributed by atoms with Crippen LogP contribution in [0.4, 0.5) is 4.39 Å². The zero-order chi connectivity index (χ0) is 16.4. The first-order valence-corrected chi connectivity index (χ1v) is 7.23. The van der Waals surface area contributed by atoms with E-state index in [-0.39, 0.29) is 5.82 Å². The third kappa shape index (κ3) is 3.20. The third-order valence-electron chi connectivity index (χ3n) is 3.70. The SMILES string of the molecule is C#CC(O)Cc1ccc2nc(-c3ccc(C)c(F)c3)ncc2c1. The lowest BCUT2D eigenvalue weighted by Gasteiger charge is -2.07. The van der Waals surface area contributed by atoms with Crippen LogP contribution >= 0.6 is 0 Å². The van der Waals surface area contributed by atoms with Crippen LogP contribution in [0.2, 0.25) is 0 Å². The molecule has 0 aliphatic heterocycles. The van der Waals surface area contributed by atoms with E-state index in [1.54, 1.807) is 25.3 Å². The highest BCUT2D eigenvalue weighted by molar-refractivity contribution is 5.80. The first-order chi connectivity index (χ1) is 11.1. The zero-order valence-corrected chi connectivity index (χ0v) is 12.6. The maximum atomic E-state index is 13.7. The third-order valence-corrected chi connectivity index (χ3v) is 3.70. The smallest absolute Gasteiger partial charge is 0.159 e. The largest absolute Gasteiger partial charge is 0.380 e. The van der Waals surface area contributed by atoms with E-state index in [0.29, 0.717) is 23.4 Å². The minimum absolute atomic E-state index is 0.273. The molecular formula is C19H15FN2O. The molecule has 0 spiro atoms. The van der Waals surface area contributed by atoms with Crippen LogP contribution in [0, 0.1) is 25.1 Å². The van der Waals surface area contributed by atoms with Crippen LogP contribution in [0.1, 0.15) is 11.1 Å². The second-order valence-corrected chi connectivity index (χ2v) is 5.44. The molecule has 0 aliphatic carbocycles. The van der Waals surface area contributed by atoms with Gasteiger partial charge in [0, 0.05) is 23.6 Å². The van der Waals surface area contributed by atoms with Gasteiger partial charge >= 0.3 is 0 Å². The van der Waals surface area contributed by atoms with Gasteiger partial charge in [-0.3, -0.25) is 0 Å². The number of terminal acetylenes is 1. The van der Waals surface area contributed by atoms with Gasteiger partial charge in [0.2, 0.25) is 0 Å². The van der Waals surface area contributed by atoms with Gasteiger partial charge in [-0.05, 0) is 36.2 Å². The Labute approximate surface area is 133 Å². The fraction of sp³-hybridized carbons (Fsp3) is 0.158. The van der Waals surface area contributed by atoms with Crippen molar-refractivity contribution >= 4 is 10.9 Å². The molecule has 23 heavy (non-hydrogen) atoms. The number of aryl methyl sites for hydroxylation is 1. The van der Waals surface area contributed by atoms with Crippen molar-refractivity contribution < 1.29 is 9.50 Å². The summed E-state index contributed by atoms with van der Waals surface area (Å²) in [7, 11) is 0. The summed E-state index contributed by atoms with van der Waals surface area (Å²) in [6.45, 7) is 1.71. The number of benzene rings is 2. The Hall–Kier alpha value is -2.77. The number of nitrogens with zero attached hydrogens (tertiary/aromatic N) is 2. The van der Waals surface area contributed by atoms with Gasteiger partial charge in [0.25, 0.3) is 0 Å². The molecule has 0 aliphatic rings. The molecule has 1 N–H and O–H groups in total. The van der Waals surface area contributed by atoms with E-state index in [1.165, 1.54) is 6.07 Å². The lowest BCUT2D eigenvalue weighted by Crippen LogP contribution is -2.06. The summed E-state index contributed by atoms with van der Waals surface area (Å²) in [5.41, 5.74) is 2.91. The van der Waals surface area contributed by atoms with Crippen molar-refractivity contribution in [3.63, 3.8) is 0 Å². The van der Waals surface area contributed by atoms with Gasteiger partial charge in [0.1, 0.15) is 11.9 Å². The predicted octanol–water partition coefficient (Wildman–Crippen LogP) is 3.28. The molecule has 0 fully saturated rings. The minimum Gasteiger partial charge on any atom is -0.380 e. The normalized spacial score (nSPS) is 12.1. The van der Waals surface area contributed by atoms with Gasteiger partial charge in [-0.2, -0.15) is 0 Å². The van der Waals surface area contributed by atoms with Crippen molar-refractivity contribution in [2.75, 3.05) is 0 Å². The van der Waals surface area contributed by atoms with Crippen LogP contribution in [0.15, 0.2) is 42.6 Å². The van der Waals surface area contributed by atoms with E-state index >= 15 is 0 Å². The molecule has 114 valence electrons. The topological polar surface area (TPSA) is 46.0 Å². The van der Waals surface area contributed by atoms with E-state index in [1.807, 2.05) is 18.2 Å². The number of hydrogen-bond acceptors (Lipinski definition) is 3. The fourth-order valence-electron chi connectivity index (χ4n) is 2.36. The summed E-state index contributed by atoms with van der Waals surface area (Å²) >= 11 is 0. The standard InChI is InChI=1S/C19H15FN2O/c1-3-16(23)9-13-5-7-18-15(8-13)11-21-19(22-18)14-6-4-12(2)17(20)10-14/h1,4-8,10-11,16,23H,9H2,2H3. The van der Waals surface area contributed by atoms with Crippen molar-refractivity contribution in [1.82, 2.24) is 9.97 Å². The van der Waals surface area contributed by atoms with E-state index in [9.17, 15) is 9.50 Å². The van der Waals surface area contributed by atoms with Crippen LogP contribution < -0.4 is 0 Å². The monoisotopic (exact) mass is 306 g/mol. The van der Waals surface area contributed by atoms with Crippen LogP contribution in [0.3, 0.4) is 0 Å². The number of halogens is 1. The molecule has 0 saturated carbocycles. The number of aliphatic hydroxyl groups is 1. The van der Waals surface area contributed by atoms with Crippen molar-refractivity contribution in [1.29, 1.82) is 0 Å². The number of fused-ring (bicyclic) bond motifs is 1.